The Kier molecular flexibility index (Phi) is 6.83. The molecule has 0 bridgehead atoms. The number of nitrogens with zero attached hydrogens (tertiary/aromatic N) is 2. The van der Waals surface area contributed by atoms with Crippen molar-refractivity contribution >= 4 is 16.0 Å². The first kappa shape index (κ1) is 17.6. The van der Waals surface area contributed by atoms with Crippen LogP contribution in [0.4, 0.5) is 0 Å². The third kappa shape index (κ3) is 4.53. The van der Waals surface area contributed by atoms with Crippen molar-refractivity contribution in [2.24, 2.45) is 0 Å². The number of hydrogen-bond acceptors (Lipinski definition) is 5. The van der Waals surface area contributed by atoms with Crippen LogP contribution in [-0.4, -0.2) is 49.1 Å². The Bertz CT molecular complexity index is 546. The Morgan fingerprint density at radius 3 is 2.33 bits per heavy atom. The van der Waals surface area contributed by atoms with Crippen molar-refractivity contribution in [1.82, 2.24) is 14.5 Å². The van der Waals surface area contributed by atoms with Crippen LogP contribution in [0.25, 0.3) is 0 Å². The maximum Gasteiger partial charge on any atom is 0.358 e. The molecule has 120 valence electrons. The molecule has 0 saturated carbocycles. The molecule has 0 saturated heterocycles. The third-order valence-corrected chi connectivity index (χ3v) is 4.90. The van der Waals surface area contributed by atoms with Gasteiger partial charge in [-0.25, -0.2) is 13.2 Å². The minimum atomic E-state index is -3.66. The van der Waals surface area contributed by atoms with Crippen LogP contribution in [0.2, 0.25) is 0 Å². The highest BCUT2D eigenvalue weighted by atomic mass is 32.2. The number of unbranched alkanes of at least 4 members (excludes halogenated alkanes) is 2. The summed E-state index contributed by atoms with van der Waals surface area (Å²) in [7, 11) is -2.44. The second-order valence-electron chi connectivity index (χ2n) is 4.72. The Hall–Kier alpha value is -1.41. The summed E-state index contributed by atoms with van der Waals surface area (Å²) in [4.78, 5) is 11.4. The van der Waals surface area contributed by atoms with Gasteiger partial charge in [-0.2, -0.15) is 9.40 Å². The van der Waals surface area contributed by atoms with Crippen molar-refractivity contribution in [3.05, 3.63) is 11.8 Å². The van der Waals surface area contributed by atoms with Gasteiger partial charge in [0.2, 0.25) is 0 Å². The summed E-state index contributed by atoms with van der Waals surface area (Å²) >= 11 is 0. The normalized spacial score (nSPS) is 11.8. The lowest BCUT2D eigenvalue weighted by Crippen LogP contribution is -2.33. The fraction of sp³-hybridized carbons (Fsp3) is 0.692. The Morgan fingerprint density at radius 1 is 1.29 bits per heavy atom. The SMILES string of the molecule is CCCCN(CCCC)S(=O)(=O)c1cc(C(=O)OC)n[nH]1. The van der Waals surface area contributed by atoms with Crippen LogP contribution in [0.5, 0.6) is 0 Å². The van der Waals surface area contributed by atoms with Gasteiger partial charge in [0.15, 0.2) is 10.7 Å². The molecule has 7 nitrogen and oxygen atoms in total. The monoisotopic (exact) mass is 317 g/mol. The zero-order valence-electron chi connectivity index (χ0n) is 12.8. The van der Waals surface area contributed by atoms with Gasteiger partial charge in [-0.05, 0) is 12.8 Å². The highest BCUT2D eigenvalue weighted by molar-refractivity contribution is 7.89. The molecular formula is C13H23N3O4S. The summed E-state index contributed by atoms with van der Waals surface area (Å²) in [6, 6.07) is 1.21. The molecular weight excluding hydrogens is 294 g/mol. The molecule has 0 atom stereocenters. The van der Waals surface area contributed by atoms with E-state index >= 15 is 0 Å². The zero-order valence-corrected chi connectivity index (χ0v) is 13.6. The van der Waals surface area contributed by atoms with E-state index in [0.29, 0.717) is 13.1 Å². The maximum atomic E-state index is 12.6. The fourth-order valence-electron chi connectivity index (χ4n) is 1.81. The van der Waals surface area contributed by atoms with E-state index in [9.17, 15) is 13.2 Å². The summed E-state index contributed by atoms with van der Waals surface area (Å²) in [5.41, 5.74) is -0.0398. The number of esters is 1. The highest BCUT2D eigenvalue weighted by Gasteiger charge is 2.27. The Balaban J connectivity index is 2.98. The molecule has 1 heterocycles. The first-order valence-corrected chi connectivity index (χ1v) is 8.55. The van der Waals surface area contributed by atoms with Gasteiger partial charge in [0.25, 0.3) is 10.0 Å². The van der Waals surface area contributed by atoms with Crippen LogP contribution in [0.3, 0.4) is 0 Å². The van der Waals surface area contributed by atoms with Gasteiger partial charge in [-0.1, -0.05) is 26.7 Å². The summed E-state index contributed by atoms with van der Waals surface area (Å²) in [6.45, 7) is 4.95. The quantitative estimate of drug-likeness (QED) is 0.701. The molecule has 0 aromatic carbocycles. The molecule has 21 heavy (non-hydrogen) atoms. The molecule has 0 aliphatic carbocycles. The van der Waals surface area contributed by atoms with Crippen molar-refractivity contribution < 1.29 is 17.9 Å². The van der Waals surface area contributed by atoms with Crippen molar-refractivity contribution in [3.63, 3.8) is 0 Å². The number of methoxy groups -OCH3 is 1. The van der Waals surface area contributed by atoms with Crippen molar-refractivity contribution in [2.45, 2.75) is 44.6 Å². The van der Waals surface area contributed by atoms with Gasteiger partial charge in [0.05, 0.1) is 7.11 Å². The van der Waals surface area contributed by atoms with Crippen LogP contribution < -0.4 is 0 Å². The summed E-state index contributed by atoms with van der Waals surface area (Å²) in [5.74, 6) is -0.665. The number of hydrogen-bond donors (Lipinski definition) is 1. The molecule has 1 aromatic rings. The minimum Gasteiger partial charge on any atom is -0.464 e. The number of aromatic nitrogens is 2. The number of H-pyrrole nitrogens is 1. The number of aromatic amines is 1. The van der Waals surface area contributed by atoms with Crippen LogP contribution in [0, 0.1) is 0 Å². The summed E-state index contributed by atoms with van der Waals surface area (Å²) < 4.78 is 31.1. The second kappa shape index (κ2) is 8.14. The molecule has 0 amide bonds. The van der Waals surface area contributed by atoms with Gasteiger partial charge in [0, 0.05) is 19.2 Å². The molecule has 0 unspecified atom stereocenters. The number of ether oxygens (including phenoxy) is 1. The number of carbonyl (C=O) groups is 1. The topological polar surface area (TPSA) is 92.4 Å². The first-order chi connectivity index (χ1) is 9.97. The Morgan fingerprint density at radius 2 is 1.86 bits per heavy atom. The summed E-state index contributed by atoms with van der Waals surface area (Å²) in [5, 5.41) is 6.03. The molecule has 0 aliphatic rings. The van der Waals surface area contributed by atoms with E-state index in [4.69, 9.17) is 0 Å². The Labute approximate surface area is 125 Å². The van der Waals surface area contributed by atoms with Gasteiger partial charge in [-0.15, -0.1) is 0 Å². The maximum absolute atomic E-state index is 12.6. The highest BCUT2D eigenvalue weighted by Crippen LogP contribution is 2.16. The van der Waals surface area contributed by atoms with E-state index in [1.165, 1.54) is 17.5 Å². The van der Waals surface area contributed by atoms with Gasteiger partial charge in [0.1, 0.15) is 0 Å². The van der Waals surface area contributed by atoms with E-state index in [1.54, 1.807) is 0 Å². The molecule has 0 aliphatic heterocycles. The number of nitrogens with one attached hydrogen (secondary N) is 1. The number of carbonyl (C=O) groups excluding carboxylic acids is 1. The third-order valence-electron chi connectivity index (χ3n) is 3.09. The lowest BCUT2D eigenvalue weighted by atomic mass is 10.3. The van der Waals surface area contributed by atoms with Crippen LogP contribution in [-0.2, 0) is 14.8 Å². The minimum absolute atomic E-state index is 0.0398. The second-order valence-corrected chi connectivity index (χ2v) is 6.63. The van der Waals surface area contributed by atoms with E-state index < -0.39 is 16.0 Å². The van der Waals surface area contributed by atoms with Gasteiger partial charge in [-0.3, -0.25) is 5.10 Å². The lowest BCUT2D eigenvalue weighted by molar-refractivity contribution is 0.0594. The average Bonchev–Trinajstić information content (AvgIpc) is 2.97. The van der Waals surface area contributed by atoms with Crippen molar-refractivity contribution in [3.8, 4) is 0 Å². The van der Waals surface area contributed by atoms with E-state index in [2.05, 4.69) is 14.9 Å². The van der Waals surface area contributed by atoms with Crippen LogP contribution >= 0.6 is 0 Å². The predicted molar refractivity (Wildman–Crippen MR) is 78.5 cm³/mol. The van der Waals surface area contributed by atoms with E-state index in [0.717, 1.165) is 25.7 Å². The van der Waals surface area contributed by atoms with Crippen LogP contribution in [0.15, 0.2) is 11.1 Å². The average molecular weight is 317 g/mol. The molecule has 0 fully saturated rings. The molecule has 1 N–H and O–H groups in total. The molecule has 0 spiro atoms. The predicted octanol–water partition coefficient (Wildman–Crippen LogP) is 1.79. The van der Waals surface area contributed by atoms with E-state index in [-0.39, 0.29) is 10.7 Å². The fourth-order valence-corrected chi connectivity index (χ4v) is 3.24. The molecule has 1 aromatic heterocycles. The molecule has 1 rings (SSSR count). The van der Waals surface area contributed by atoms with Gasteiger partial charge < -0.3 is 4.74 Å². The van der Waals surface area contributed by atoms with Crippen LogP contribution in [0.1, 0.15) is 50.0 Å². The largest absolute Gasteiger partial charge is 0.464 e. The van der Waals surface area contributed by atoms with Gasteiger partial charge >= 0.3 is 5.97 Å². The summed E-state index contributed by atoms with van der Waals surface area (Å²) in [6.07, 6.45) is 3.41. The molecule has 8 heteroatoms. The van der Waals surface area contributed by atoms with Crippen molar-refractivity contribution in [1.29, 1.82) is 0 Å². The van der Waals surface area contributed by atoms with E-state index in [1.807, 2.05) is 13.8 Å². The first-order valence-electron chi connectivity index (χ1n) is 7.11. The smallest absolute Gasteiger partial charge is 0.358 e. The number of rotatable bonds is 9. The zero-order chi connectivity index (χ0) is 15.9. The lowest BCUT2D eigenvalue weighted by Gasteiger charge is -2.20. The molecule has 0 radical (unpaired) electrons. The standard InChI is InChI=1S/C13H23N3O4S/c1-4-6-8-16(9-7-5-2)21(18,19)12-10-11(14-15-12)13(17)20-3/h10H,4-9H2,1-3H3,(H,14,15). The van der Waals surface area contributed by atoms with Crippen molar-refractivity contribution in [2.75, 3.05) is 20.2 Å². The number of sulfonamides is 1.